The number of fused-ring (bicyclic) bond motifs is 2. The number of nitrogens with zero attached hydrogens (tertiary/aromatic N) is 1. The first-order chi connectivity index (χ1) is 10.2. The molecule has 2 aliphatic heterocycles. The minimum absolute atomic E-state index is 0.835. The summed E-state index contributed by atoms with van der Waals surface area (Å²) in [5.41, 5.74) is 1.44. The van der Waals surface area contributed by atoms with Crippen LogP contribution in [0.1, 0.15) is 37.7 Å². The molecule has 1 aromatic carbocycles. The molecule has 0 amide bonds. The molecule has 0 spiro atoms. The summed E-state index contributed by atoms with van der Waals surface area (Å²) in [4.78, 5) is 2.51. The molecule has 2 saturated heterocycles. The Balaban J connectivity index is 1.36. The van der Waals surface area contributed by atoms with Crippen LogP contribution in [0.25, 0.3) is 0 Å². The van der Waals surface area contributed by atoms with Gasteiger partial charge in [-0.15, -0.1) is 0 Å². The van der Waals surface area contributed by atoms with Gasteiger partial charge in [0.15, 0.2) is 0 Å². The lowest BCUT2D eigenvalue weighted by Gasteiger charge is -2.30. The van der Waals surface area contributed by atoms with E-state index < -0.39 is 0 Å². The highest BCUT2D eigenvalue weighted by Gasteiger charge is 2.32. The number of piperidine rings is 1. The first-order valence-corrected chi connectivity index (χ1v) is 9.17. The molecule has 2 aliphatic rings. The summed E-state index contributed by atoms with van der Waals surface area (Å²) in [6.07, 6.45) is 8.20. The third-order valence-electron chi connectivity index (χ3n) is 5.19. The highest BCUT2D eigenvalue weighted by molar-refractivity contribution is 9.10. The molecule has 3 rings (SSSR count). The Kier molecular flexibility index (Phi) is 5.36. The van der Waals surface area contributed by atoms with Crippen LogP contribution < -0.4 is 5.32 Å². The second-order valence-electron chi connectivity index (χ2n) is 6.94. The molecule has 0 saturated carbocycles. The van der Waals surface area contributed by atoms with Gasteiger partial charge >= 0.3 is 0 Å². The van der Waals surface area contributed by atoms with Crippen LogP contribution in [0.4, 0.5) is 0 Å². The van der Waals surface area contributed by atoms with Crippen LogP contribution in [0.5, 0.6) is 0 Å². The summed E-state index contributed by atoms with van der Waals surface area (Å²) < 4.78 is 1.17. The number of rotatable bonds is 6. The van der Waals surface area contributed by atoms with Gasteiger partial charge in [0.05, 0.1) is 0 Å². The molecule has 2 unspecified atom stereocenters. The largest absolute Gasteiger partial charge is 0.311 e. The Bertz CT molecular complexity index is 433. The van der Waals surface area contributed by atoms with Crippen LogP contribution in [0.3, 0.4) is 0 Å². The zero-order chi connectivity index (χ0) is 14.7. The number of hydrogen-bond acceptors (Lipinski definition) is 2. The Morgan fingerprint density at radius 2 is 1.76 bits per heavy atom. The maximum atomic E-state index is 3.74. The lowest BCUT2D eigenvalue weighted by atomic mass is 9.89. The number of benzene rings is 1. The summed E-state index contributed by atoms with van der Waals surface area (Å²) in [6, 6.07) is 10.4. The zero-order valence-electron chi connectivity index (χ0n) is 13.0. The van der Waals surface area contributed by atoms with Gasteiger partial charge in [-0.2, -0.15) is 0 Å². The van der Waals surface area contributed by atoms with Crippen molar-refractivity contribution in [2.24, 2.45) is 5.92 Å². The van der Waals surface area contributed by atoms with E-state index in [1.54, 1.807) is 0 Å². The van der Waals surface area contributed by atoms with Crippen LogP contribution in [0, 0.1) is 5.92 Å². The molecular formula is C18H27BrN2. The Hall–Kier alpha value is -0.380. The monoisotopic (exact) mass is 350 g/mol. The number of halogens is 1. The van der Waals surface area contributed by atoms with E-state index in [9.17, 15) is 0 Å². The lowest BCUT2D eigenvalue weighted by molar-refractivity contribution is 0.243. The van der Waals surface area contributed by atoms with Crippen molar-refractivity contribution in [1.29, 1.82) is 0 Å². The molecule has 2 nitrogen and oxygen atoms in total. The summed E-state index contributed by atoms with van der Waals surface area (Å²) >= 11 is 3.49. The summed E-state index contributed by atoms with van der Waals surface area (Å²) in [5.74, 6) is 0.957. The van der Waals surface area contributed by atoms with Crippen molar-refractivity contribution in [3.8, 4) is 0 Å². The number of hydrogen-bond donors (Lipinski definition) is 1. The van der Waals surface area contributed by atoms with Crippen LogP contribution >= 0.6 is 15.9 Å². The standard InChI is InChI=1S/C18H27BrN2/c1-21(10-8-14-2-4-16(19)5-3-14)11-9-15-12-17-6-7-18(13-15)20-17/h2-5,15,17-18,20H,6-13H2,1H3. The first kappa shape index (κ1) is 15.5. The van der Waals surface area contributed by atoms with E-state index in [4.69, 9.17) is 0 Å². The van der Waals surface area contributed by atoms with E-state index in [2.05, 4.69) is 57.5 Å². The fourth-order valence-corrected chi connectivity index (χ4v) is 4.16. The van der Waals surface area contributed by atoms with Crippen molar-refractivity contribution in [3.63, 3.8) is 0 Å². The smallest absolute Gasteiger partial charge is 0.0175 e. The fourth-order valence-electron chi connectivity index (χ4n) is 3.90. The zero-order valence-corrected chi connectivity index (χ0v) is 14.6. The molecular weight excluding hydrogens is 324 g/mol. The van der Waals surface area contributed by atoms with Gasteiger partial charge in [-0.1, -0.05) is 28.1 Å². The molecule has 21 heavy (non-hydrogen) atoms. The van der Waals surface area contributed by atoms with Gasteiger partial charge in [-0.3, -0.25) is 0 Å². The van der Waals surface area contributed by atoms with Gasteiger partial charge in [0, 0.05) is 23.1 Å². The molecule has 116 valence electrons. The van der Waals surface area contributed by atoms with Crippen molar-refractivity contribution in [3.05, 3.63) is 34.3 Å². The molecule has 2 atom stereocenters. The molecule has 0 aromatic heterocycles. The maximum Gasteiger partial charge on any atom is 0.0175 e. The van der Waals surface area contributed by atoms with E-state index >= 15 is 0 Å². The second-order valence-corrected chi connectivity index (χ2v) is 7.86. The van der Waals surface area contributed by atoms with Gasteiger partial charge < -0.3 is 10.2 Å². The van der Waals surface area contributed by atoms with Crippen molar-refractivity contribution in [2.45, 2.75) is 50.6 Å². The summed E-state index contributed by atoms with van der Waals surface area (Å²) in [6.45, 7) is 2.42. The Morgan fingerprint density at radius 1 is 1.10 bits per heavy atom. The highest BCUT2D eigenvalue weighted by atomic mass is 79.9. The minimum atomic E-state index is 0.835. The predicted octanol–water partition coefficient (Wildman–Crippen LogP) is 3.84. The molecule has 2 fully saturated rings. The van der Waals surface area contributed by atoms with Crippen LogP contribution in [0.2, 0.25) is 0 Å². The van der Waals surface area contributed by atoms with Crippen molar-refractivity contribution in [2.75, 3.05) is 20.1 Å². The number of likely N-dealkylation sites (N-methyl/N-ethyl adjacent to an activating group) is 1. The lowest BCUT2D eigenvalue weighted by Crippen LogP contribution is -2.39. The van der Waals surface area contributed by atoms with Crippen molar-refractivity contribution >= 4 is 15.9 Å². The van der Waals surface area contributed by atoms with Gasteiger partial charge in [-0.25, -0.2) is 0 Å². The molecule has 0 aliphatic carbocycles. The van der Waals surface area contributed by atoms with E-state index in [1.165, 1.54) is 55.2 Å². The topological polar surface area (TPSA) is 15.3 Å². The van der Waals surface area contributed by atoms with Gasteiger partial charge in [0.2, 0.25) is 0 Å². The van der Waals surface area contributed by atoms with E-state index in [1.807, 2.05) is 0 Å². The average Bonchev–Trinajstić information content (AvgIpc) is 2.83. The summed E-state index contributed by atoms with van der Waals surface area (Å²) in [7, 11) is 2.27. The number of nitrogens with one attached hydrogen (secondary N) is 1. The van der Waals surface area contributed by atoms with Crippen molar-refractivity contribution in [1.82, 2.24) is 10.2 Å². The van der Waals surface area contributed by atoms with Crippen molar-refractivity contribution < 1.29 is 0 Å². The third kappa shape index (κ3) is 4.54. The maximum absolute atomic E-state index is 3.74. The van der Waals surface area contributed by atoms with E-state index in [0.717, 1.165) is 24.4 Å². The molecule has 2 heterocycles. The Morgan fingerprint density at radius 3 is 2.43 bits per heavy atom. The Labute approximate surface area is 137 Å². The quantitative estimate of drug-likeness (QED) is 0.838. The van der Waals surface area contributed by atoms with Gasteiger partial charge in [0.25, 0.3) is 0 Å². The summed E-state index contributed by atoms with van der Waals surface area (Å²) in [5, 5.41) is 3.74. The predicted molar refractivity (Wildman–Crippen MR) is 92.6 cm³/mol. The molecule has 3 heteroatoms. The SMILES string of the molecule is CN(CCc1ccc(Br)cc1)CCC1CC2CCC(C1)N2. The third-order valence-corrected chi connectivity index (χ3v) is 5.71. The first-order valence-electron chi connectivity index (χ1n) is 8.38. The van der Waals surface area contributed by atoms with Crippen LogP contribution in [-0.4, -0.2) is 37.1 Å². The normalized spacial score (nSPS) is 28.2. The van der Waals surface area contributed by atoms with Crippen LogP contribution in [-0.2, 0) is 6.42 Å². The fraction of sp³-hybridized carbons (Fsp3) is 0.667. The van der Waals surface area contributed by atoms with Gasteiger partial charge in [-0.05, 0) is 75.7 Å². The molecule has 1 N–H and O–H groups in total. The molecule has 0 radical (unpaired) electrons. The van der Waals surface area contributed by atoms with Gasteiger partial charge in [0.1, 0.15) is 0 Å². The highest BCUT2D eigenvalue weighted by Crippen LogP contribution is 2.32. The van der Waals surface area contributed by atoms with E-state index in [-0.39, 0.29) is 0 Å². The molecule has 2 bridgehead atoms. The van der Waals surface area contributed by atoms with Crippen LogP contribution in [0.15, 0.2) is 28.7 Å². The average molecular weight is 351 g/mol. The molecule has 1 aromatic rings. The second kappa shape index (κ2) is 7.26. The van der Waals surface area contributed by atoms with E-state index in [0.29, 0.717) is 0 Å². The minimum Gasteiger partial charge on any atom is -0.311 e.